The quantitative estimate of drug-likeness (QED) is 0.905. The summed E-state index contributed by atoms with van der Waals surface area (Å²) in [6.45, 7) is 6.11. The minimum Gasteiger partial charge on any atom is -0.393 e. The van der Waals surface area contributed by atoms with Crippen LogP contribution in [0.5, 0.6) is 0 Å². The molecule has 0 amide bonds. The van der Waals surface area contributed by atoms with Crippen molar-refractivity contribution in [2.75, 3.05) is 13.6 Å². The van der Waals surface area contributed by atoms with E-state index in [1.807, 2.05) is 11.7 Å². The molecule has 1 saturated carbocycles. The Bertz CT molecular complexity index is 427. The lowest BCUT2D eigenvalue weighted by atomic mass is 9.86. The maximum atomic E-state index is 10.1. The lowest BCUT2D eigenvalue weighted by molar-refractivity contribution is 0.0501. The van der Waals surface area contributed by atoms with Gasteiger partial charge in [-0.2, -0.15) is 5.10 Å². The summed E-state index contributed by atoms with van der Waals surface area (Å²) in [4.78, 5) is 2.33. The molecule has 0 spiro atoms. The van der Waals surface area contributed by atoms with E-state index in [2.05, 4.69) is 30.9 Å². The van der Waals surface area contributed by atoms with E-state index < -0.39 is 0 Å². The second-order valence-electron chi connectivity index (χ2n) is 6.08. The Morgan fingerprint density at radius 1 is 1.32 bits per heavy atom. The molecule has 1 aliphatic rings. The second-order valence-corrected chi connectivity index (χ2v) is 6.08. The minimum atomic E-state index is -0.104. The Morgan fingerprint density at radius 2 is 2.00 bits per heavy atom. The maximum absolute atomic E-state index is 10.1. The highest BCUT2D eigenvalue weighted by Crippen LogP contribution is 2.25. The minimum absolute atomic E-state index is 0.104. The van der Waals surface area contributed by atoms with Crippen molar-refractivity contribution in [3.8, 4) is 0 Å². The van der Waals surface area contributed by atoms with Crippen molar-refractivity contribution >= 4 is 0 Å². The number of rotatable bonds is 4. The zero-order valence-electron chi connectivity index (χ0n) is 12.7. The molecule has 1 aromatic heterocycles. The van der Waals surface area contributed by atoms with Gasteiger partial charge in [-0.05, 0) is 39.7 Å². The first-order valence-electron chi connectivity index (χ1n) is 7.34. The highest BCUT2D eigenvalue weighted by atomic mass is 16.3. The van der Waals surface area contributed by atoms with Crippen LogP contribution in [0, 0.1) is 19.8 Å². The number of aliphatic hydroxyl groups is 1. The van der Waals surface area contributed by atoms with Crippen molar-refractivity contribution in [2.24, 2.45) is 13.0 Å². The fraction of sp³-hybridized carbons (Fsp3) is 0.800. The normalized spacial score (nSPS) is 24.1. The van der Waals surface area contributed by atoms with Crippen LogP contribution in [-0.4, -0.2) is 39.5 Å². The molecule has 0 bridgehead atoms. The molecule has 0 aromatic carbocycles. The third-order valence-corrected chi connectivity index (χ3v) is 4.50. The van der Waals surface area contributed by atoms with E-state index in [0.29, 0.717) is 5.92 Å². The number of hydrogen-bond acceptors (Lipinski definition) is 3. The van der Waals surface area contributed by atoms with Gasteiger partial charge in [-0.15, -0.1) is 0 Å². The second kappa shape index (κ2) is 6.06. The number of nitrogens with zero attached hydrogens (tertiary/aromatic N) is 3. The maximum Gasteiger partial charge on any atom is 0.0641 e. The monoisotopic (exact) mass is 265 g/mol. The van der Waals surface area contributed by atoms with Crippen LogP contribution in [0.3, 0.4) is 0 Å². The van der Waals surface area contributed by atoms with Crippen LogP contribution >= 0.6 is 0 Å². The van der Waals surface area contributed by atoms with Gasteiger partial charge in [0.05, 0.1) is 11.8 Å². The van der Waals surface area contributed by atoms with Gasteiger partial charge in [0.25, 0.3) is 0 Å². The van der Waals surface area contributed by atoms with Gasteiger partial charge in [-0.25, -0.2) is 0 Å². The first-order chi connectivity index (χ1) is 8.99. The Kier molecular flexibility index (Phi) is 4.63. The van der Waals surface area contributed by atoms with Crippen LogP contribution in [0.15, 0.2) is 0 Å². The van der Waals surface area contributed by atoms with Gasteiger partial charge in [-0.3, -0.25) is 4.68 Å². The van der Waals surface area contributed by atoms with Crippen LogP contribution in [0.1, 0.15) is 42.6 Å². The fourth-order valence-electron chi connectivity index (χ4n) is 3.18. The van der Waals surface area contributed by atoms with Crippen molar-refractivity contribution in [2.45, 2.75) is 52.2 Å². The molecule has 108 valence electrons. The van der Waals surface area contributed by atoms with Crippen LogP contribution < -0.4 is 0 Å². The van der Waals surface area contributed by atoms with Gasteiger partial charge in [0, 0.05) is 31.4 Å². The summed E-state index contributed by atoms with van der Waals surface area (Å²) in [5, 5.41) is 14.5. The Morgan fingerprint density at radius 3 is 2.58 bits per heavy atom. The van der Waals surface area contributed by atoms with Gasteiger partial charge < -0.3 is 10.0 Å². The predicted octanol–water partition coefficient (Wildman–Crippen LogP) is 2.02. The molecular weight excluding hydrogens is 238 g/mol. The van der Waals surface area contributed by atoms with Gasteiger partial charge in [0.15, 0.2) is 0 Å². The number of aromatic nitrogens is 2. The highest BCUT2D eigenvalue weighted by Gasteiger charge is 2.24. The molecule has 0 radical (unpaired) electrons. The van der Waals surface area contributed by atoms with Gasteiger partial charge >= 0.3 is 0 Å². The van der Waals surface area contributed by atoms with Crippen LogP contribution in [0.4, 0.5) is 0 Å². The lowest BCUT2D eigenvalue weighted by Gasteiger charge is -2.31. The summed E-state index contributed by atoms with van der Waals surface area (Å²) in [5.41, 5.74) is 3.69. The molecule has 1 aromatic rings. The molecule has 1 aliphatic carbocycles. The standard InChI is InChI=1S/C15H27N3O/c1-11-14(12(2)18(4)16-11)10-17(3)9-13-7-5-6-8-15(13)19/h13,15,19H,5-10H2,1-4H3. The Hall–Kier alpha value is -0.870. The van der Waals surface area contributed by atoms with Crippen molar-refractivity contribution in [3.05, 3.63) is 17.0 Å². The molecule has 0 saturated heterocycles. The molecule has 0 aliphatic heterocycles. The van der Waals surface area contributed by atoms with Gasteiger partial charge in [0.2, 0.25) is 0 Å². The third kappa shape index (κ3) is 3.37. The van der Waals surface area contributed by atoms with E-state index in [-0.39, 0.29) is 6.10 Å². The van der Waals surface area contributed by atoms with Gasteiger partial charge in [0.1, 0.15) is 0 Å². The van der Waals surface area contributed by atoms with E-state index in [1.54, 1.807) is 0 Å². The Labute approximate surface area is 116 Å². The summed E-state index contributed by atoms with van der Waals surface area (Å²) >= 11 is 0. The first kappa shape index (κ1) is 14.5. The van der Waals surface area contributed by atoms with Crippen molar-refractivity contribution < 1.29 is 5.11 Å². The van der Waals surface area contributed by atoms with Crippen LogP contribution in [0.25, 0.3) is 0 Å². The molecule has 2 unspecified atom stereocenters. The molecule has 1 fully saturated rings. The molecule has 4 heteroatoms. The van der Waals surface area contributed by atoms with E-state index >= 15 is 0 Å². The van der Waals surface area contributed by atoms with E-state index in [9.17, 15) is 5.11 Å². The molecule has 1 N–H and O–H groups in total. The molecule has 2 atom stereocenters. The fourth-order valence-corrected chi connectivity index (χ4v) is 3.18. The summed E-state index contributed by atoms with van der Waals surface area (Å²) in [7, 11) is 4.14. The summed E-state index contributed by atoms with van der Waals surface area (Å²) in [6, 6.07) is 0. The third-order valence-electron chi connectivity index (χ3n) is 4.50. The molecule has 19 heavy (non-hydrogen) atoms. The average molecular weight is 265 g/mol. The number of aryl methyl sites for hydroxylation is 2. The van der Waals surface area contributed by atoms with E-state index in [0.717, 1.165) is 31.6 Å². The molecule has 4 nitrogen and oxygen atoms in total. The largest absolute Gasteiger partial charge is 0.393 e. The topological polar surface area (TPSA) is 41.3 Å². The average Bonchev–Trinajstić information content (AvgIpc) is 2.59. The smallest absolute Gasteiger partial charge is 0.0641 e. The Balaban J connectivity index is 1.95. The van der Waals surface area contributed by atoms with Crippen molar-refractivity contribution in [1.29, 1.82) is 0 Å². The summed E-state index contributed by atoms with van der Waals surface area (Å²) in [5.74, 6) is 0.441. The van der Waals surface area contributed by atoms with Gasteiger partial charge in [-0.1, -0.05) is 12.8 Å². The zero-order valence-corrected chi connectivity index (χ0v) is 12.7. The molecular formula is C15H27N3O. The van der Waals surface area contributed by atoms with E-state index in [4.69, 9.17) is 0 Å². The first-order valence-corrected chi connectivity index (χ1v) is 7.34. The molecule has 2 rings (SSSR count). The van der Waals surface area contributed by atoms with Crippen LogP contribution in [-0.2, 0) is 13.6 Å². The SMILES string of the molecule is Cc1nn(C)c(C)c1CN(C)CC1CCCCC1O. The lowest BCUT2D eigenvalue weighted by Crippen LogP contribution is -2.34. The van der Waals surface area contributed by atoms with Crippen molar-refractivity contribution in [3.63, 3.8) is 0 Å². The van der Waals surface area contributed by atoms with Crippen molar-refractivity contribution in [1.82, 2.24) is 14.7 Å². The molecule has 1 heterocycles. The number of aliphatic hydroxyl groups excluding tert-OH is 1. The number of hydrogen-bond donors (Lipinski definition) is 1. The van der Waals surface area contributed by atoms with Crippen LogP contribution in [0.2, 0.25) is 0 Å². The highest BCUT2D eigenvalue weighted by molar-refractivity contribution is 5.24. The zero-order chi connectivity index (χ0) is 14.0. The predicted molar refractivity (Wildman–Crippen MR) is 77.0 cm³/mol. The van der Waals surface area contributed by atoms with E-state index in [1.165, 1.54) is 24.1 Å². The summed E-state index contributed by atoms with van der Waals surface area (Å²) < 4.78 is 1.95. The summed E-state index contributed by atoms with van der Waals surface area (Å²) in [6.07, 6.45) is 4.48.